The summed E-state index contributed by atoms with van der Waals surface area (Å²) < 4.78 is 11.5. The van der Waals surface area contributed by atoms with Crippen LogP contribution in [0.5, 0.6) is 0 Å². The van der Waals surface area contributed by atoms with E-state index in [0.29, 0.717) is 24.2 Å². The van der Waals surface area contributed by atoms with E-state index in [1.807, 2.05) is 60.7 Å². The minimum atomic E-state index is -0.297. The minimum absolute atomic E-state index is 0.289. The third-order valence-electron chi connectivity index (χ3n) is 6.05. The van der Waals surface area contributed by atoms with Crippen molar-refractivity contribution in [1.29, 1.82) is 0 Å². The van der Waals surface area contributed by atoms with Crippen LogP contribution in [-0.4, -0.2) is 18.6 Å². The van der Waals surface area contributed by atoms with Crippen LogP contribution in [0.1, 0.15) is 47.2 Å². The van der Waals surface area contributed by atoms with E-state index < -0.39 is 0 Å². The van der Waals surface area contributed by atoms with Crippen LogP contribution in [0, 0.1) is 5.92 Å². The summed E-state index contributed by atoms with van der Waals surface area (Å²) >= 11 is 0. The number of carbonyl (C=O) groups excluding carboxylic acids is 1. The predicted molar refractivity (Wildman–Crippen MR) is 127 cm³/mol. The number of ether oxygens (including phenoxy) is 2. The van der Waals surface area contributed by atoms with Gasteiger partial charge in [-0.1, -0.05) is 60.7 Å². The van der Waals surface area contributed by atoms with Gasteiger partial charge < -0.3 is 14.8 Å². The average molecular weight is 430 g/mol. The first-order valence-corrected chi connectivity index (χ1v) is 11.5. The van der Waals surface area contributed by atoms with Gasteiger partial charge in [0.1, 0.15) is 6.61 Å². The molecule has 3 aromatic rings. The van der Waals surface area contributed by atoms with Gasteiger partial charge in [0, 0.05) is 12.2 Å². The smallest absolute Gasteiger partial charge is 0.338 e. The lowest BCUT2D eigenvalue weighted by molar-refractivity contribution is 0.00830. The number of esters is 1. The summed E-state index contributed by atoms with van der Waals surface area (Å²) in [6, 6.07) is 27.6. The molecule has 0 atom stereocenters. The summed E-state index contributed by atoms with van der Waals surface area (Å²) in [5, 5.41) is 3.52. The maximum atomic E-state index is 12.3. The lowest BCUT2D eigenvalue weighted by Gasteiger charge is -2.29. The van der Waals surface area contributed by atoms with E-state index in [1.165, 1.54) is 18.4 Å². The Labute approximate surface area is 190 Å². The molecule has 0 aromatic heterocycles. The summed E-state index contributed by atoms with van der Waals surface area (Å²) in [7, 11) is 0. The number of hydrogen-bond acceptors (Lipinski definition) is 4. The number of rotatable bonds is 9. The Morgan fingerprint density at radius 2 is 1.34 bits per heavy atom. The highest BCUT2D eigenvalue weighted by molar-refractivity contribution is 5.89. The maximum absolute atomic E-state index is 12.3. The van der Waals surface area contributed by atoms with Crippen LogP contribution in [0.25, 0.3) is 0 Å². The first-order chi connectivity index (χ1) is 15.8. The van der Waals surface area contributed by atoms with Crippen molar-refractivity contribution in [2.75, 3.05) is 11.9 Å². The summed E-state index contributed by atoms with van der Waals surface area (Å²) in [6.07, 6.45) is 4.95. The molecule has 1 saturated carbocycles. The zero-order chi connectivity index (χ0) is 22.0. The van der Waals surface area contributed by atoms with Crippen LogP contribution in [0.15, 0.2) is 84.9 Å². The Hall–Kier alpha value is -3.11. The number of carbonyl (C=O) groups is 1. The monoisotopic (exact) mass is 429 g/mol. The zero-order valence-corrected chi connectivity index (χ0v) is 18.4. The summed E-state index contributed by atoms with van der Waals surface area (Å²) in [5.74, 6) is 0.358. The van der Waals surface area contributed by atoms with Gasteiger partial charge in [0.05, 0.1) is 18.3 Å². The zero-order valence-electron chi connectivity index (χ0n) is 18.4. The molecule has 1 aliphatic carbocycles. The molecule has 4 rings (SSSR count). The Morgan fingerprint density at radius 3 is 1.97 bits per heavy atom. The number of nitrogens with one attached hydrogen (secondary N) is 1. The number of hydrogen-bond donors (Lipinski definition) is 1. The fourth-order valence-corrected chi connectivity index (χ4v) is 4.08. The van der Waals surface area contributed by atoms with E-state index in [-0.39, 0.29) is 12.6 Å². The van der Waals surface area contributed by atoms with Crippen LogP contribution in [0.3, 0.4) is 0 Å². The van der Waals surface area contributed by atoms with Crippen molar-refractivity contribution in [3.8, 4) is 0 Å². The normalized spacial score (nSPS) is 18.1. The molecule has 166 valence electrons. The molecule has 0 radical (unpaired) electrons. The van der Waals surface area contributed by atoms with E-state index in [1.54, 1.807) is 0 Å². The molecule has 0 heterocycles. The van der Waals surface area contributed by atoms with E-state index >= 15 is 0 Å². The third kappa shape index (κ3) is 6.69. The molecule has 0 amide bonds. The van der Waals surface area contributed by atoms with Crippen LogP contribution in [0.4, 0.5) is 5.69 Å². The summed E-state index contributed by atoms with van der Waals surface area (Å²) in [6.45, 7) is 1.94. The molecule has 4 nitrogen and oxygen atoms in total. The van der Waals surface area contributed by atoms with Crippen molar-refractivity contribution in [3.05, 3.63) is 102 Å². The SMILES string of the molecule is O=C(OCc1ccccc1)c1ccc(NCC2CCC(OCc3ccccc3)CC2)cc1. The van der Waals surface area contributed by atoms with Gasteiger partial charge >= 0.3 is 5.97 Å². The van der Waals surface area contributed by atoms with Gasteiger partial charge in [0.15, 0.2) is 0 Å². The second kappa shape index (κ2) is 11.5. The second-order valence-corrected chi connectivity index (χ2v) is 8.46. The average Bonchev–Trinajstić information content (AvgIpc) is 2.87. The van der Waals surface area contributed by atoms with E-state index in [4.69, 9.17) is 9.47 Å². The highest BCUT2D eigenvalue weighted by Crippen LogP contribution is 2.27. The van der Waals surface area contributed by atoms with Crippen molar-refractivity contribution in [3.63, 3.8) is 0 Å². The Kier molecular flexibility index (Phi) is 7.94. The highest BCUT2D eigenvalue weighted by Gasteiger charge is 2.21. The lowest BCUT2D eigenvalue weighted by Crippen LogP contribution is -2.25. The van der Waals surface area contributed by atoms with Crippen molar-refractivity contribution in [2.24, 2.45) is 5.92 Å². The Balaban J connectivity index is 1.15. The second-order valence-electron chi connectivity index (χ2n) is 8.46. The molecule has 0 aliphatic heterocycles. The number of benzene rings is 3. The van der Waals surface area contributed by atoms with Gasteiger partial charge in [0.2, 0.25) is 0 Å². The third-order valence-corrected chi connectivity index (χ3v) is 6.05. The van der Waals surface area contributed by atoms with Crippen molar-refractivity contribution in [2.45, 2.75) is 45.0 Å². The van der Waals surface area contributed by atoms with Crippen LogP contribution in [-0.2, 0) is 22.7 Å². The van der Waals surface area contributed by atoms with Crippen LogP contribution in [0.2, 0.25) is 0 Å². The molecule has 0 unspecified atom stereocenters. The molecule has 1 N–H and O–H groups in total. The van der Waals surface area contributed by atoms with Gasteiger partial charge in [-0.15, -0.1) is 0 Å². The molecule has 0 spiro atoms. The molecule has 1 fully saturated rings. The number of anilines is 1. The van der Waals surface area contributed by atoms with E-state index in [2.05, 4.69) is 29.6 Å². The molecule has 1 aliphatic rings. The quantitative estimate of drug-likeness (QED) is 0.410. The van der Waals surface area contributed by atoms with Gasteiger partial charge in [0.25, 0.3) is 0 Å². The Morgan fingerprint density at radius 1 is 0.750 bits per heavy atom. The van der Waals surface area contributed by atoms with E-state index in [9.17, 15) is 4.79 Å². The largest absolute Gasteiger partial charge is 0.457 e. The molecule has 3 aromatic carbocycles. The molecular formula is C28H31NO3. The van der Waals surface area contributed by atoms with Crippen molar-refractivity contribution in [1.82, 2.24) is 0 Å². The van der Waals surface area contributed by atoms with Gasteiger partial charge in [-0.25, -0.2) is 4.79 Å². The highest BCUT2D eigenvalue weighted by atomic mass is 16.5. The fourth-order valence-electron chi connectivity index (χ4n) is 4.08. The summed E-state index contributed by atoms with van der Waals surface area (Å²) in [4.78, 5) is 12.3. The van der Waals surface area contributed by atoms with Gasteiger partial charge in [-0.05, 0) is 67.0 Å². The first kappa shape index (κ1) is 22.1. The minimum Gasteiger partial charge on any atom is -0.457 e. The predicted octanol–water partition coefficient (Wildman–Crippen LogP) is 6.23. The van der Waals surface area contributed by atoms with E-state index in [0.717, 1.165) is 30.6 Å². The van der Waals surface area contributed by atoms with Crippen molar-refractivity contribution >= 4 is 11.7 Å². The van der Waals surface area contributed by atoms with Crippen LogP contribution >= 0.6 is 0 Å². The van der Waals surface area contributed by atoms with Gasteiger partial charge in [-0.3, -0.25) is 0 Å². The topological polar surface area (TPSA) is 47.6 Å². The summed E-state index contributed by atoms with van der Waals surface area (Å²) in [5.41, 5.74) is 3.83. The molecule has 32 heavy (non-hydrogen) atoms. The van der Waals surface area contributed by atoms with Crippen LogP contribution < -0.4 is 5.32 Å². The molecule has 0 saturated heterocycles. The lowest BCUT2D eigenvalue weighted by atomic mass is 9.87. The Bertz CT molecular complexity index is 949. The molecule has 4 heteroatoms. The molecular weight excluding hydrogens is 398 g/mol. The standard InChI is InChI=1S/C28H31NO3/c30-28(32-21-24-9-5-2-6-10-24)25-13-15-26(16-14-25)29-19-22-11-17-27(18-12-22)31-20-23-7-3-1-4-8-23/h1-10,13-16,22,27,29H,11-12,17-21H2. The van der Waals surface area contributed by atoms with Gasteiger partial charge in [-0.2, -0.15) is 0 Å². The first-order valence-electron chi connectivity index (χ1n) is 11.5. The maximum Gasteiger partial charge on any atom is 0.338 e. The fraction of sp³-hybridized carbons (Fsp3) is 0.321. The van der Waals surface area contributed by atoms with Crippen molar-refractivity contribution < 1.29 is 14.3 Å². The molecule has 0 bridgehead atoms.